The zero-order valence-electron chi connectivity index (χ0n) is 13.5. The SMILES string of the molecule is CNCc1cn(S(=O)(=O)c2ccc(C)s2)c(-c2cccc(F)c2F)n1. The number of halogens is 2. The predicted molar refractivity (Wildman–Crippen MR) is 92.0 cm³/mol. The zero-order chi connectivity index (χ0) is 18.2. The van der Waals surface area contributed by atoms with Crippen molar-refractivity contribution >= 4 is 21.4 Å². The van der Waals surface area contributed by atoms with Gasteiger partial charge in [0.25, 0.3) is 10.0 Å². The number of benzene rings is 1. The molecule has 0 fully saturated rings. The van der Waals surface area contributed by atoms with E-state index in [0.29, 0.717) is 5.69 Å². The van der Waals surface area contributed by atoms with Crippen LogP contribution in [-0.4, -0.2) is 24.4 Å². The van der Waals surface area contributed by atoms with Crippen LogP contribution in [0, 0.1) is 18.6 Å². The first-order valence-corrected chi connectivity index (χ1v) is 9.59. The van der Waals surface area contributed by atoms with Gasteiger partial charge in [-0.2, -0.15) is 8.42 Å². The van der Waals surface area contributed by atoms with Crippen LogP contribution in [-0.2, 0) is 16.6 Å². The summed E-state index contributed by atoms with van der Waals surface area (Å²) >= 11 is 1.10. The van der Waals surface area contributed by atoms with E-state index < -0.39 is 21.7 Å². The van der Waals surface area contributed by atoms with E-state index in [1.807, 2.05) is 0 Å². The quantitative estimate of drug-likeness (QED) is 0.735. The molecule has 0 bridgehead atoms. The van der Waals surface area contributed by atoms with E-state index in [0.717, 1.165) is 26.3 Å². The van der Waals surface area contributed by atoms with E-state index in [1.54, 1.807) is 20.0 Å². The first-order chi connectivity index (χ1) is 11.8. The molecule has 0 amide bonds. The summed E-state index contributed by atoms with van der Waals surface area (Å²) in [5.74, 6) is -2.36. The minimum Gasteiger partial charge on any atom is -0.314 e. The van der Waals surface area contributed by atoms with E-state index in [-0.39, 0.29) is 22.1 Å². The third-order valence-corrected chi connectivity index (χ3v) is 6.62. The summed E-state index contributed by atoms with van der Waals surface area (Å²) in [4.78, 5) is 5.02. The average Bonchev–Trinajstić information content (AvgIpc) is 3.18. The molecule has 9 heteroatoms. The van der Waals surface area contributed by atoms with Gasteiger partial charge < -0.3 is 5.32 Å². The van der Waals surface area contributed by atoms with Gasteiger partial charge in [0.1, 0.15) is 4.21 Å². The highest BCUT2D eigenvalue weighted by Gasteiger charge is 2.26. The van der Waals surface area contributed by atoms with Crippen molar-refractivity contribution in [1.82, 2.24) is 14.3 Å². The van der Waals surface area contributed by atoms with Crippen LogP contribution < -0.4 is 5.32 Å². The fraction of sp³-hybridized carbons (Fsp3) is 0.188. The second-order valence-corrected chi connectivity index (χ2v) is 8.68. The van der Waals surface area contributed by atoms with Gasteiger partial charge in [0.15, 0.2) is 17.5 Å². The number of imidazole rings is 1. The van der Waals surface area contributed by atoms with E-state index >= 15 is 0 Å². The number of nitrogens with one attached hydrogen (secondary N) is 1. The molecule has 0 atom stereocenters. The van der Waals surface area contributed by atoms with Crippen LogP contribution in [0.1, 0.15) is 10.6 Å². The molecule has 1 N–H and O–H groups in total. The second-order valence-electron chi connectivity index (χ2n) is 5.35. The molecule has 3 aromatic rings. The molecule has 0 unspecified atom stereocenters. The second kappa shape index (κ2) is 6.66. The summed E-state index contributed by atoms with van der Waals surface area (Å²) in [6, 6.07) is 6.75. The van der Waals surface area contributed by atoms with E-state index in [4.69, 9.17) is 0 Å². The minimum absolute atomic E-state index is 0.108. The van der Waals surface area contributed by atoms with Gasteiger partial charge in [0.05, 0.1) is 11.3 Å². The molecule has 2 heterocycles. The van der Waals surface area contributed by atoms with Crippen molar-refractivity contribution in [3.8, 4) is 11.4 Å². The van der Waals surface area contributed by atoms with Crippen molar-refractivity contribution in [3.63, 3.8) is 0 Å². The Bertz CT molecular complexity index is 1030. The summed E-state index contributed by atoms with van der Waals surface area (Å²) in [6.45, 7) is 2.08. The molecule has 0 spiro atoms. The van der Waals surface area contributed by atoms with Crippen molar-refractivity contribution < 1.29 is 17.2 Å². The molecule has 0 saturated heterocycles. The number of nitrogens with zero attached hydrogens (tertiary/aromatic N) is 2. The van der Waals surface area contributed by atoms with Crippen molar-refractivity contribution in [2.75, 3.05) is 7.05 Å². The van der Waals surface area contributed by atoms with Crippen LogP contribution >= 0.6 is 11.3 Å². The summed E-state index contributed by atoms with van der Waals surface area (Å²) in [5, 5.41) is 2.86. The van der Waals surface area contributed by atoms with Crippen LogP contribution in [0.2, 0.25) is 0 Å². The molecular weight excluding hydrogens is 368 g/mol. The molecule has 0 aliphatic rings. The highest BCUT2D eigenvalue weighted by atomic mass is 32.2. The molecular formula is C16H15F2N3O2S2. The predicted octanol–water partition coefficient (Wildman–Crippen LogP) is 3.15. The normalized spacial score (nSPS) is 11.8. The lowest BCUT2D eigenvalue weighted by atomic mass is 10.2. The molecule has 0 saturated carbocycles. The summed E-state index contributed by atoms with van der Waals surface area (Å²) in [7, 11) is -2.29. The van der Waals surface area contributed by atoms with Gasteiger partial charge >= 0.3 is 0 Å². The van der Waals surface area contributed by atoms with Gasteiger partial charge in [-0.05, 0) is 38.2 Å². The summed E-state index contributed by atoms with van der Waals surface area (Å²) in [5.41, 5.74) is 0.192. The molecule has 2 aromatic heterocycles. The summed E-state index contributed by atoms with van der Waals surface area (Å²) < 4.78 is 54.7. The van der Waals surface area contributed by atoms with Gasteiger partial charge in [0, 0.05) is 17.6 Å². The van der Waals surface area contributed by atoms with E-state index in [1.165, 1.54) is 24.4 Å². The molecule has 0 radical (unpaired) electrons. The Morgan fingerprint density at radius 3 is 2.64 bits per heavy atom. The highest BCUT2D eigenvalue weighted by Crippen LogP contribution is 2.30. The Morgan fingerprint density at radius 2 is 2.00 bits per heavy atom. The third-order valence-electron chi connectivity index (χ3n) is 3.50. The standard InChI is InChI=1S/C16H15F2N3O2S2/c1-10-6-7-14(24-10)25(22,23)21-9-11(8-19-2)20-16(21)12-4-3-5-13(17)15(12)18/h3-7,9,19H,8H2,1-2H3. The average molecular weight is 383 g/mol. The van der Waals surface area contributed by atoms with Crippen molar-refractivity contribution in [3.05, 3.63) is 58.7 Å². The maximum atomic E-state index is 14.2. The Balaban J connectivity index is 2.24. The fourth-order valence-electron chi connectivity index (χ4n) is 2.36. The Labute approximate surface area is 148 Å². The maximum Gasteiger partial charge on any atom is 0.278 e. The first-order valence-electron chi connectivity index (χ1n) is 7.34. The molecule has 3 rings (SSSR count). The highest BCUT2D eigenvalue weighted by molar-refractivity contribution is 7.92. The van der Waals surface area contributed by atoms with E-state index in [2.05, 4.69) is 10.3 Å². The van der Waals surface area contributed by atoms with E-state index in [9.17, 15) is 17.2 Å². The zero-order valence-corrected chi connectivity index (χ0v) is 15.1. The molecule has 5 nitrogen and oxygen atoms in total. The smallest absolute Gasteiger partial charge is 0.278 e. The van der Waals surface area contributed by atoms with Crippen molar-refractivity contribution in [2.24, 2.45) is 0 Å². The molecule has 1 aromatic carbocycles. The number of aromatic nitrogens is 2. The van der Waals surface area contributed by atoms with Crippen LogP contribution in [0.3, 0.4) is 0 Å². The maximum absolute atomic E-state index is 14.2. The number of rotatable bonds is 5. The third kappa shape index (κ3) is 3.22. The Morgan fingerprint density at radius 1 is 1.24 bits per heavy atom. The lowest BCUT2D eigenvalue weighted by Gasteiger charge is -2.08. The number of hydrogen-bond donors (Lipinski definition) is 1. The number of hydrogen-bond acceptors (Lipinski definition) is 5. The molecule has 0 aliphatic carbocycles. The lowest BCUT2D eigenvalue weighted by Crippen LogP contribution is -2.13. The van der Waals surface area contributed by atoms with Crippen molar-refractivity contribution in [2.45, 2.75) is 17.7 Å². The molecule has 25 heavy (non-hydrogen) atoms. The monoisotopic (exact) mass is 383 g/mol. The van der Waals surface area contributed by atoms with Crippen LogP contribution in [0.25, 0.3) is 11.4 Å². The molecule has 132 valence electrons. The first kappa shape index (κ1) is 17.7. The van der Waals surface area contributed by atoms with Gasteiger partial charge in [-0.1, -0.05) is 6.07 Å². The fourth-order valence-corrected chi connectivity index (χ4v) is 5.07. The van der Waals surface area contributed by atoms with Crippen molar-refractivity contribution in [1.29, 1.82) is 0 Å². The Hall–Kier alpha value is -2.10. The van der Waals surface area contributed by atoms with Crippen LogP contribution in [0.15, 0.2) is 40.7 Å². The number of thiophene rings is 1. The van der Waals surface area contributed by atoms with Gasteiger partial charge in [-0.15, -0.1) is 11.3 Å². The van der Waals surface area contributed by atoms with Gasteiger partial charge in [-0.3, -0.25) is 0 Å². The summed E-state index contributed by atoms with van der Waals surface area (Å²) in [6.07, 6.45) is 1.32. The largest absolute Gasteiger partial charge is 0.314 e. The topological polar surface area (TPSA) is 64.0 Å². The van der Waals surface area contributed by atoms with Crippen LogP contribution in [0.4, 0.5) is 8.78 Å². The lowest BCUT2D eigenvalue weighted by molar-refractivity contribution is 0.510. The number of aryl methyl sites for hydroxylation is 1. The van der Waals surface area contributed by atoms with Gasteiger partial charge in [0.2, 0.25) is 0 Å². The van der Waals surface area contributed by atoms with Gasteiger partial charge in [-0.25, -0.2) is 17.7 Å². The minimum atomic E-state index is -3.97. The van der Waals surface area contributed by atoms with Crippen LogP contribution in [0.5, 0.6) is 0 Å². The Kier molecular flexibility index (Phi) is 4.72. The molecule has 0 aliphatic heterocycles.